The second kappa shape index (κ2) is 45.9. The fourth-order valence-corrected chi connectivity index (χ4v) is 10.4. The predicted molar refractivity (Wildman–Crippen MR) is 375 cm³/mol. The molecule has 0 radical (unpaired) electrons. The Morgan fingerprint density at radius 3 is 0.848 bits per heavy atom. The van der Waals surface area contributed by atoms with E-state index in [2.05, 4.69) is 19.7 Å². The van der Waals surface area contributed by atoms with Gasteiger partial charge in [-0.25, -0.2) is 27.6 Å². The lowest BCUT2D eigenvalue weighted by Crippen LogP contribution is -2.21. The molecule has 0 bridgehead atoms. The van der Waals surface area contributed by atoms with Crippen molar-refractivity contribution >= 4 is 34.6 Å². The fraction of sp³-hybridized carbons (Fsp3) is 0.407. The third-order valence-electron chi connectivity index (χ3n) is 16.3. The standard InChI is InChI=1S/C81H92F3N3O12/c1-60(79(88)97-75-43-28-63(57-85)54-72(75)82)66-31-37-69(38-32-66)92-48-23-17-11-5-4-10-16-22-47-91-53-46-78(95-51-26-20-14-8-6-12-18-24-49-93-70-39-33-67(34-40-70)61(2)80(89)98-76-44-29-64(58-86)55-73(76)83)96-52-27-21-15-9-7-13-19-25-50-94-71-41-35-68(36-42-71)62(3)81(90)99-77-45-30-65(59-87)56-74(77)84/h28-45,54-56,78H,1-27,46-53H2. The number of rotatable bonds is 50. The van der Waals surface area contributed by atoms with Gasteiger partial charge in [-0.1, -0.05) is 172 Å². The molecule has 0 atom stereocenters. The lowest BCUT2D eigenvalue weighted by Gasteiger charge is -2.19. The van der Waals surface area contributed by atoms with Crippen molar-refractivity contribution in [2.24, 2.45) is 0 Å². The second-order valence-corrected chi connectivity index (χ2v) is 24.1. The SMILES string of the molecule is C=C(C(=O)Oc1ccc(C#N)cc1F)c1ccc(OCCCCCCCCCCOCCC(OCCCCCCCCCCOc2ccc(C(=C)C(=O)Oc3ccc(C#N)cc3F)cc2)OCCCCCCCCCCOc2ccc(C(=C)C(=O)Oc3ccc(C#N)cc3F)cc2)cc1. The van der Waals surface area contributed by atoms with Crippen LogP contribution < -0.4 is 28.4 Å². The average molecular weight is 1360 g/mol. The second-order valence-electron chi connectivity index (χ2n) is 24.1. The molecular formula is C81H92F3N3O12. The van der Waals surface area contributed by atoms with Crippen LogP contribution >= 0.6 is 0 Å². The van der Waals surface area contributed by atoms with Crippen LogP contribution in [0.25, 0.3) is 16.7 Å². The molecule has 0 aromatic heterocycles. The van der Waals surface area contributed by atoms with Crippen molar-refractivity contribution in [3.63, 3.8) is 0 Å². The normalized spacial score (nSPS) is 10.9. The van der Waals surface area contributed by atoms with Gasteiger partial charge in [-0.05, 0) is 146 Å². The van der Waals surface area contributed by atoms with Crippen LogP contribution in [0.15, 0.2) is 147 Å². The summed E-state index contributed by atoms with van der Waals surface area (Å²) >= 11 is 0. The Bertz CT molecular complexity index is 3480. The van der Waals surface area contributed by atoms with Crippen molar-refractivity contribution < 1.29 is 70.2 Å². The van der Waals surface area contributed by atoms with Gasteiger partial charge >= 0.3 is 17.9 Å². The first kappa shape index (κ1) is 78.5. The summed E-state index contributed by atoms with van der Waals surface area (Å²) in [6.45, 7) is 15.7. The molecule has 99 heavy (non-hydrogen) atoms. The van der Waals surface area contributed by atoms with E-state index in [1.807, 2.05) is 18.2 Å². The summed E-state index contributed by atoms with van der Waals surface area (Å²) in [5.74, 6) is -3.56. The van der Waals surface area contributed by atoms with Crippen LogP contribution in [0.5, 0.6) is 34.5 Å². The number of hydrogen-bond acceptors (Lipinski definition) is 15. The first-order valence-electron chi connectivity index (χ1n) is 34.6. The number of ether oxygens (including phenoxy) is 9. The van der Waals surface area contributed by atoms with E-state index in [9.17, 15) is 27.6 Å². The number of hydrogen-bond donors (Lipinski definition) is 0. The summed E-state index contributed by atoms with van der Waals surface area (Å²) in [4.78, 5) is 37.8. The zero-order valence-electron chi connectivity index (χ0n) is 56.8. The molecule has 6 aromatic rings. The van der Waals surface area contributed by atoms with E-state index >= 15 is 0 Å². The Morgan fingerprint density at radius 2 is 0.586 bits per heavy atom. The summed E-state index contributed by atoms with van der Waals surface area (Å²) < 4.78 is 94.6. The van der Waals surface area contributed by atoms with Crippen LogP contribution in [0.4, 0.5) is 13.2 Å². The molecule has 6 rings (SSSR count). The van der Waals surface area contributed by atoms with Gasteiger partial charge in [0.2, 0.25) is 0 Å². The molecule has 18 heteroatoms. The maximum Gasteiger partial charge on any atom is 0.343 e. The number of benzene rings is 6. The molecule has 0 saturated heterocycles. The quantitative estimate of drug-likeness (QED) is 0.0114. The van der Waals surface area contributed by atoms with Gasteiger partial charge in [0, 0.05) is 26.2 Å². The molecule has 0 aliphatic rings. The molecule has 0 saturated carbocycles. The molecule has 0 heterocycles. The van der Waals surface area contributed by atoms with E-state index in [0.29, 0.717) is 86.6 Å². The van der Waals surface area contributed by atoms with Gasteiger partial charge < -0.3 is 42.6 Å². The van der Waals surface area contributed by atoms with E-state index in [1.54, 1.807) is 72.8 Å². The first-order valence-corrected chi connectivity index (χ1v) is 34.6. The number of unbranched alkanes of at least 4 members (excludes halogenated alkanes) is 21. The van der Waals surface area contributed by atoms with E-state index in [0.717, 1.165) is 159 Å². The highest BCUT2D eigenvalue weighted by Gasteiger charge is 2.19. The lowest BCUT2D eigenvalue weighted by molar-refractivity contribution is -0.154. The number of carbonyl (C=O) groups is 3. The maximum absolute atomic E-state index is 14.2. The van der Waals surface area contributed by atoms with Gasteiger partial charge in [0.05, 0.1) is 78.0 Å². The lowest BCUT2D eigenvalue weighted by atomic mass is 10.1. The largest absolute Gasteiger partial charge is 0.494 e. The highest BCUT2D eigenvalue weighted by Crippen LogP contribution is 2.28. The third-order valence-corrected chi connectivity index (χ3v) is 16.3. The maximum atomic E-state index is 14.2. The molecule has 0 aliphatic heterocycles. The van der Waals surface area contributed by atoms with Crippen LogP contribution in [0.3, 0.4) is 0 Å². The van der Waals surface area contributed by atoms with Crippen molar-refractivity contribution in [1.29, 1.82) is 15.8 Å². The van der Waals surface area contributed by atoms with Gasteiger partial charge in [0.1, 0.15) is 17.2 Å². The van der Waals surface area contributed by atoms with Gasteiger partial charge in [-0.2, -0.15) is 15.8 Å². The molecular weight excluding hydrogens is 1260 g/mol. The molecule has 0 amide bonds. The molecule has 6 aromatic carbocycles. The highest BCUT2D eigenvalue weighted by molar-refractivity contribution is 6.17. The van der Waals surface area contributed by atoms with Crippen molar-refractivity contribution in [3.8, 4) is 52.7 Å². The summed E-state index contributed by atoms with van der Waals surface area (Å²) in [5, 5.41) is 26.9. The van der Waals surface area contributed by atoms with Crippen LogP contribution in [-0.4, -0.2) is 70.4 Å². The molecule has 0 spiro atoms. The van der Waals surface area contributed by atoms with Gasteiger partial charge in [-0.15, -0.1) is 0 Å². The third kappa shape index (κ3) is 30.0. The van der Waals surface area contributed by atoms with Crippen LogP contribution in [0, 0.1) is 51.4 Å². The summed E-state index contributed by atoms with van der Waals surface area (Å²) in [6.07, 6.45) is 26.4. The number of esters is 3. The van der Waals surface area contributed by atoms with Crippen molar-refractivity contribution in [2.75, 3.05) is 46.2 Å². The minimum atomic E-state index is -0.804. The van der Waals surface area contributed by atoms with E-state index in [1.165, 1.54) is 49.2 Å². The number of carbonyl (C=O) groups excluding carboxylic acids is 3. The number of halogens is 3. The fourth-order valence-electron chi connectivity index (χ4n) is 10.4. The molecule has 15 nitrogen and oxygen atoms in total. The monoisotopic (exact) mass is 1360 g/mol. The molecule has 524 valence electrons. The summed E-state index contributed by atoms with van der Waals surface area (Å²) in [5.41, 5.74) is 2.17. The molecule has 0 aliphatic carbocycles. The Kier molecular flexibility index (Phi) is 36.4. The van der Waals surface area contributed by atoms with E-state index in [4.69, 9.17) is 58.4 Å². The van der Waals surface area contributed by atoms with Crippen molar-refractivity contribution in [2.45, 2.75) is 167 Å². The Balaban J connectivity index is 0.779. The Morgan fingerprint density at radius 1 is 0.333 bits per heavy atom. The number of nitriles is 3. The van der Waals surface area contributed by atoms with E-state index < -0.39 is 35.4 Å². The highest BCUT2D eigenvalue weighted by atomic mass is 19.1. The summed E-state index contributed by atoms with van der Waals surface area (Å²) in [6, 6.07) is 37.2. The van der Waals surface area contributed by atoms with Crippen molar-refractivity contribution in [1.82, 2.24) is 0 Å². The number of nitrogens with zero attached hydrogens (tertiary/aromatic N) is 3. The minimum absolute atomic E-state index is 0.0710. The van der Waals surface area contributed by atoms with Crippen LogP contribution in [0.2, 0.25) is 0 Å². The predicted octanol–water partition coefficient (Wildman–Crippen LogP) is 19.2. The summed E-state index contributed by atoms with van der Waals surface area (Å²) in [7, 11) is 0. The Hall–Kier alpha value is -9.51. The zero-order valence-corrected chi connectivity index (χ0v) is 56.8. The minimum Gasteiger partial charge on any atom is -0.494 e. The Labute approximate surface area is 581 Å². The van der Waals surface area contributed by atoms with Crippen LogP contribution in [-0.2, 0) is 28.6 Å². The first-order chi connectivity index (χ1) is 48.2. The van der Waals surface area contributed by atoms with Crippen LogP contribution in [0.1, 0.15) is 194 Å². The molecule has 0 unspecified atom stereocenters. The molecule has 0 fully saturated rings. The molecule has 0 N–H and O–H groups in total. The van der Waals surface area contributed by atoms with E-state index in [-0.39, 0.29) is 56.9 Å². The van der Waals surface area contributed by atoms with Gasteiger partial charge in [0.15, 0.2) is 41.0 Å². The smallest absolute Gasteiger partial charge is 0.343 e. The van der Waals surface area contributed by atoms with Crippen molar-refractivity contribution in [3.05, 3.63) is 198 Å². The van der Waals surface area contributed by atoms with Gasteiger partial charge in [-0.3, -0.25) is 0 Å². The average Bonchev–Trinajstić information content (AvgIpc) is 0.888. The zero-order chi connectivity index (χ0) is 70.7. The topological polar surface area (TPSA) is 206 Å². The van der Waals surface area contributed by atoms with Gasteiger partial charge in [0.25, 0.3) is 0 Å².